The van der Waals surface area contributed by atoms with E-state index >= 15 is 0 Å². The highest BCUT2D eigenvalue weighted by Crippen LogP contribution is 2.36. The lowest BCUT2D eigenvalue weighted by Gasteiger charge is -2.24. The number of fused-ring (bicyclic) bond motifs is 4. The first kappa shape index (κ1) is 21.0. The number of benzene rings is 2. The van der Waals surface area contributed by atoms with E-state index in [1.807, 2.05) is 18.2 Å². The molecule has 2 unspecified atom stereocenters. The van der Waals surface area contributed by atoms with Gasteiger partial charge in [-0.2, -0.15) is 0 Å². The lowest BCUT2D eigenvalue weighted by molar-refractivity contribution is -0.385. The van der Waals surface area contributed by atoms with Crippen LogP contribution in [-0.4, -0.2) is 38.1 Å². The van der Waals surface area contributed by atoms with Gasteiger partial charge in [0.15, 0.2) is 0 Å². The molecule has 0 saturated carbocycles. The molecule has 33 heavy (non-hydrogen) atoms. The van der Waals surface area contributed by atoms with Crippen molar-refractivity contribution in [2.45, 2.75) is 44.6 Å². The van der Waals surface area contributed by atoms with Crippen LogP contribution in [0.1, 0.15) is 27.8 Å². The Kier molecular flexibility index (Phi) is 5.06. The van der Waals surface area contributed by atoms with Crippen LogP contribution < -0.4 is 16.4 Å². The SMILES string of the molecule is O=C(O)C1Cc2cc(COC3Cc4c([N+](=O)[O-])cc5[nH]c(=O)c(=O)[nH]c5c4C3)ccc2CN1. The van der Waals surface area contributed by atoms with E-state index in [0.29, 0.717) is 42.5 Å². The number of hydrogen-bond acceptors (Lipinski definition) is 7. The Morgan fingerprint density at radius 2 is 1.85 bits per heavy atom. The van der Waals surface area contributed by atoms with Crippen LogP contribution in [0.3, 0.4) is 0 Å². The Hall–Kier alpha value is -3.83. The van der Waals surface area contributed by atoms with Crippen molar-refractivity contribution in [1.82, 2.24) is 15.3 Å². The molecule has 2 heterocycles. The molecule has 2 atom stereocenters. The topological polar surface area (TPSA) is 167 Å². The van der Waals surface area contributed by atoms with Gasteiger partial charge < -0.3 is 25.1 Å². The van der Waals surface area contributed by atoms with E-state index in [4.69, 9.17) is 4.74 Å². The highest BCUT2D eigenvalue weighted by atomic mass is 16.6. The standard InChI is InChI=1S/C22H20N4O7/c27-20-21(28)25-19-15-6-13(5-14(15)18(26(31)32)7-16(19)24-20)33-9-10-1-2-11-8-23-17(22(29)30)4-12(11)3-10/h1-3,7,13,17,23H,4-6,8-9H2,(H,24,27)(H,25,28)(H,29,30). The number of rotatable bonds is 5. The third kappa shape index (κ3) is 3.81. The van der Waals surface area contributed by atoms with Crippen molar-refractivity contribution in [1.29, 1.82) is 0 Å². The summed E-state index contributed by atoms with van der Waals surface area (Å²) in [6.07, 6.45) is 0.700. The van der Waals surface area contributed by atoms with Gasteiger partial charge in [-0.05, 0) is 28.7 Å². The van der Waals surface area contributed by atoms with Gasteiger partial charge in [0.05, 0.1) is 28.7 Å². The molecule has 2 aromatic carbocycles. The van der Waals surface area contributed by atoms with Crippen molar-refractivity contribution in [3.63, 3.8) is 0 Å². The molecule has 11 heteroatoms. The monoisotopic (exact) mass is 452 g/mol. The van der Waals surface area contributed by atoms with E-state index in [1.165, 1.54) is 6.07 Å². The molecule has 170 valence electrons. The predicted octanol–water partition coefficient (Wildman–Crippen LogP) is 0.908. The van der Waals surface area contributed by atoms with Crippen molar-refractivity contribution in [3.8, 4) is 0 Å². The number of carbonyl (C=O) groups is 1. The minimum absolute atomic E-state index is 0.118. The number of aromatic nitrogens is 2. The molecule has 0 fully saturated rings. The minimum Gasteiger partial charge on any atom is -0.480 e. The largest absolute Gasteiger partial charge is 0.480 e. The summed E-state index contributed by atoms with van der Waals surface area (Å²) in [4.78, 5) is 50.8. The summed E-state index contributed by atoms with van der Waals surface area (Å²) < 4.78 is 6.06. The van der Waals surface area contributed by atoms with Gasteiger partial charge in [0.2, 0.25) is 0 Å². The summed E-state index contributed by atoms with van der Waals surface area (Å²) in [6.45, 7) is 0.749. The molecule has 0 spiro atoms. The van der Waals surface area contributed by atoms with Crippen molar-refractivity contribution in [2.24, 2.45) is 0 Å². The van der Waals surface area contributed by atoms with Gasteiger partial charge in [0.25, 0.3) is 5.69 Å². The lowest BCUT2D eigenvalue weighted by atomic mass is 9.94. The summed E-state index contributed by atoms with van der Waals surface area (Å²) >= 11 is 0. The zero-order chi connectivity index (χ0) is 23.3. The molecule has 0 saturated heterocycles. The van der Waals surface area contributed by atoms with Crippen LogP contribution in [0.4, 0.5) is 5.69 Å². The highest BCUT2D eigenvalue weighted by Gasteiger charge is 2.32. The Morgan fingerprint density at radius 1 is 1.09 bits per heavy atom. The van der Waals surface area contributed by atoms with Gasteiger partial charge in [-0.1, -0.05) is 18.2 Å². The summed E-state index contributed by atoms with van der Waals surface area (Å²) in [6, 6.07) is 6.45. The van der Waals surface area contributed by atoms with Crippen LogP contribution in [0.25, 0.3) is 11.0 Å². The summed E-state index contributed by atoms with van der Waals surface area (Å²) in [5.74, 6) is -0.890. The molecule has 1 aromatic heterocycles. The number of nitro benzene ring substituents is 1. The number of carboxylic acids is 1. The molecular formula is C22H20N4O7. The number of ether oxygens (including phenoxy) is 1. The Balaban J connectivity index is 1.38. The first-order valence-corrected chi connectivity index (χ1v) is 10.4. The number of nitrogens with one attached hydrogen (secondary N) is 3. The second-order valence-electron chi connectivity index (χ2n) is 8.36. The van der Waals surface area contributed by atoms with Gasteiger partial charge >= 0.3 is 17.1 Å². The van der Waals surface area contributed by atoms with E-state index in [0.717, 1.165) is 16.7 Å². The van der Waals surface area contributed by atoms with E-state index < -0.39 is 28.1 Å². The van der Waals surface area contributed by atoms with Crippen LogP contribution in [0.2, 0.25) is 0 Å². The van der Waals surface area contributed by atoms with Gasteiger partial charge in [-0.25, -0.2) is 0 Å². The maximum absolute atomic E-state index is 11.8. The van der Waals surface area contributed by atoms with Crippen molar-refractivity contribution in [3.05, 3.63) is 82.9 Å². The fraction of sp³-hybridized carbons (Fsp3) is 0.318. The Morgan fingerprint density at radius 3 is 2.61 bits per heavy atom. The number of carboxylic acid groups (broad SMARTS) is 1. The Bertz CT molecular complexity index is 1420. The van der Waals surface area contributed by atoms with Crippen LogP contribution in [-0.2, 0) is 41.9 Å². The molecule has 2 aliphatic rings. The number of aliphatic carboxylic acids is 1. The summed E-state index contributed by atoms with van der Waals surface area (Å²) in [5, 5.41) is 23.8. The number of H-pyrrole nitrogens is 2. The lowest BCUT2D eigenvalue weighted by Crippen LogP contribution is -2.41. The van der Waals surface area contributed by atoms with Crippen molar-refractivity contribution >= 4 is 22.7 Å². The van der Waals surface area contributed by atoms with E-state index in [2.05, 4.69) is 15.3 Å². The smallest absolute Gasteiger partial charge is 0.321 e. The minimum atomic E-state index is -0.890. The summed E-state index contributed by atoms with van der Waals surface area (Å²) in [7, 11) is 0. The van der Waals surface area contributed by atoms with Crippen LogP contribution in [0.5, 0.6) is 0 Å². The molecule has 4 N–H and O–H groups in total. The normalized spacial score (nSPS) is 19.3. The first-order chi connectivity index (χ1) is 15.8. The highest BCUT2D eigenvalue weighted by molar-refractivity contribution is 5.83. The number of nitro groups is 1. The molecule has 11 nitrogen and oxygen atoms in total. The number of aromatic amines is 2. The third-order valence-corrected chi connectivity index (χ3v) is 6.30. The van der Waals surface area contributed by atoms with Crippen LogP contribution in [0.15, 0.2) is 33.9 Å². The second-order valence-corrected chi connectivity index (χ2v) is 8.36. The average molecular weight is 452 g/mol. The molecule has 1 aliphatic heterocycles. The van der Waals surface area contributed by atoms with Crippen molar-refractivity contribution in [2.75, 3.05) is 0 Å². The van der Waals surface area contributed by atoms with Crippen LogP contribution >= 0.6 is 0 Å². The summed E-state index contributed by atoms with van der Waals surface area (Å²) in [5.41, 5.74) is 2.76. The maximum atomic E-state index is 11.8. The predicted molar refractivity (Wildman–Crippen MR) is 116 cm³/mol. The van der Waals surface area contributed by atoms with E-state index in [-0.39, 0.29) is 23.9 Å². The van der Waals surface area contributed by atoms with E-state index in [1.54, 1.807) is 0 Å². The molecule has 0 bridgehead atoms. The molecule has 0 radical (unpaired) electrons. The molecule has 5 rings (SSSR count). The number of nitrogens with zero attached hydrogens (tertiary/aromatic N) is 1. The maximum Gasteiger partial charge on any atom is 0.321 e. The second kappa shape index (κ2) is 7.94. The van der Waals surface area contributed by atoms with Gasteiger partial charge in [0.1, 0.15) is 6.04 Å². The van der Waals surface area contributed by atoms with Gasteiger partial charge in [-0.15, -0.1) is 0 Å². The fourth-order valence-corrected chi connectivity index (χ4v) is 4.66. The molecular weight excluding hydrogens is 432 g/mol. The zero-order valence-corrected chi connectivity index (χ0v) is 17.3. The first-order valence-electron chi connectivity index (χ1n) is 10.4. The Labute approximate surface area is 185 Å². The fourth-order valence-electron chi connectivity index (χ4n) is 4.66. The quantitative estimate of drug-likeness (QED) is 0.252. The van der Waals surface area contributed by atoms with Gasteiger partial charge in [-0.3, -0.25) is 24.5 Å². The van der Waals surface area contributed by atoms with Crippen molar-refractivity contribution < 1.29 is 19.6 Å². The number of hydrogen-bond donors (Lipinski definition) is 4. The third-order valence-electron chi connectivity index (χ3n) is 6.30. The van der Waals surface area contributed by atoms with E-state index in [9.17, 15) is 29.6 Å². The zero-order valence-electron chi connectivity index (χ0n) is 17.3. The van der Waals surface area contributed by atoms with Crippen LogP contribution in [0, 0.1) is 10.1 Å². The molecule has 3 aromatic rings. The molecule has 1 aliphatic carbocycles. The average Bonchev–Trinajstić information content (AvgIpc) is 3.22. The molecule has 0 amide bonds. The van der Waals surface area contributed by atoms with Gasteiger partial charge in [0, 0.05) is 31.0 Å².